The number of rotatable bonds is 7. The molecule has 0 fully saturated rings. The second-order valence-electron chi connectivity index (χ2n) is 3.54. The van der Waals surface area contributed by atoms with Crippen LogP contribution < -0.4 is 0 Å². The zero-order chi connectivity index (χ0) is 13.3. The van der Waals surface area contributed by atoms with E-state index < -0.39 is 12.6 Å². The average molecular weight is 245 g/mol. The first-order valence-corrected chi connectivity index (χ1v) is 5.46. The lowest BCUT2D eigenvalue weighted by molar-refractivity contribution is 0.150. The molecule has 0 aromatic carbocycles. The lowest BCUT2D eigenvalue weighted by Crippen LogP contribution is -1.99. The summed E-state index contributed by atoms with van der Waals surface area (Å²) in [5.74, 6) is 0. The summed E-state index contributed by atoms with van der Waals surface area (Å²) in [6.45, 7) is 6.43. The molecule has 0 aliphatic heterocycles. The normalized spacial score (nSPS) is 15.6. The van der Waals surface area contributed by atoms with Gasteiger partial charge in [0.25, 0.3) is 0 Å². The Morgan fingerprint density at radius 3 is 2.41 bits per heavy atom. The number of hydrogen-bond donors (Lipinski definition) is 0. The number of aliphatic imine (C=N–C) groups is 1. The summed E-state index contributed by atoms with van der Waals surface area (Å²) < 4.78 is 37.8. The topological polar surface area (TPSA) is 12.4 Å². The number of hydrogen-bond acceptors (Lipinski definition) is 1. The maximum atomic E-state index is 13.2. The Labute approximate surface area is 100 Å². The first-order valence-electron chi connectivity index (χ1n) is 5.46. The molecular weight excluding hydrogens is 227 g/mol. The van der Waals surface area contributed by atoms with Crippen molar-refractivity contribution in [2.45, 2.75) is 39.3 Å². The second-order valence-corrected chi connectivity index (χ2v) is 3.54. The van der Waals surface area contributed by atoms with Crippen LogP contribution in [0.25, 0.3) is 0 Å². The first-order chi connectivity index (χ1) is 8.01. The fraction of sp³-hybridized carbons (Fsp3) is 0.462. The summed E-state index contributed by atoms with van der Waals surface area (Å²) in [5, 5.41) is 0. The summed E-state index contributed by atoms with van der Waals surface area (Å²) >= 11 is 0. The molecule has 96 valence electrons. The zero-order valence-electron chi connectivity index (χ0n) is 10.2. The van der Waals surface area contributed by atoms with Gasteiger partial charge in [-0.1, -0.05) is 19.1 Å². The van der Waals surface area contributed by atoms with Gasteiger partial charge in [0.15, 0.2) is 0 Å². The maximum absolute atomic E-state index is 13.2. The fourth-order valence-corrected chi connectivity index (χ4v) is 1.29. The van der Waals surface area contributed by atoms with Crippen LogP contribution in [0.3, 0.4) is 0 Å². The Morgan fingerprint density at radius 1 is 1.35 bits per heavy atom. The van der Waals surface area contributed by atoms with E-state index in [4.69, 9.17) is 0 Å². The van der Waals surface area contributed by atoms with E-state index in [2.05, 4.69) is 11.7 Å². The Balaban J connectivity index is 5.01. The Bertz CT molecular complexity index is 315. The van der Waals surface area contributed by atoms with Gasteiger partial charge in [-0.3, -0.25) is 4.99 Å². The van der Waals surface area contributed by atoms with Crippen molar-refractivity contribution in [1.29, 1.82) is 0 Å². The number of nitrogens with zero attached hydrogens (tertiary/aromatic N) is 1. The molecule has 0 aliphatic rings. The van der Waals surface area contributed by atoms with Crippen LogP contribution >= 0.6 is 0 Å². The molecule has 0 saturated carbocycles. The molecule has 0 aromatic rings. The van der Waals surface area contributed by atoms with Crippen molar-refractivity contribution in [3.05, 3.63) is 35.6 Å². The SMILES string of the molecule is C=N/C=C/C(=C/C(=C\CC)CC(F)F)C(C)F. The van der Waals surface area contributed by atoms with Gasteiger partial charge in [0.05, 0.1) is 0 Å². The van der Waals surface area contributed by atoms with Gasteiger partial charge in [0.2, 0.25) is 6.43 Å². The quantitative estimate of drug-likeness (QED) is 0.463. The Hall–Kier alpha value is -1.32. The van der Waals surface area contributed by atoms with E-state index in [1.807, 2.05) is 6.92 Å². The summed E-state index contributed by atoms with van der Waals surface area (Å²) in [6.07, 6.45) is 2.51. The number of allylic oxidation sites excluding steroid dienone is 5. The summed E-state index contributed by atoms with van der Waals surface area (Å²) in [7, 11) is 0. The second kappa shape index (κ2) is 8.79. The molecule has 0 heterocycles. The lowest BCUT2D eigenvalue weighted by Gasteiger charge is -2.06. The van der Waals surface area contributed by atoms with Crippen molar-refractivity contribution in [3.63, 3.8) is 0 Å². The summed E-state index contributed by atoms with van der Waals surface area (Å²) in [4.78, 5) is 3.47. The molecule has 1 nitrogen and oxygen atoms in total. The van der Waals surface area contributed by atoms with E-state index in [0.717, 1.165) is 0 Å². The maximum Gasteiger partial charge on any atom is 0.242 e. The van der Waals surface area contributed by atoms with Crippen LogP contribution in [0, 0.1) is 0 Å². The van der Waals surface area contributed by atoms with Crippen LogP contribution in [0.1, 0.15) is 26.7 Å². The highest BCUT2D eigenvalue weighted by Crippen LogP contribution is 2.18. The molecule has 0 N–H and O–H groups in total. The van der Waals surface area contributed by atoms with Crippen LogP contribution in [-0.4, -0.2) is 19.3 Å². The molecule has 17 heavy (non-hydrogen) atoms. The van der Waals surface area contributed by atoms with Gasteiger partial charge < -0.3 is 0 Å². The van der Waals surface area contributed by atoms with Crippen molar-refractivity contribution in [2.75, 3.05) is 0 Å². The fourth-order valence-electron chi connectivity index (χ4n) is 1.29. The molecular formula is C13H18F3N. The molecule has 1 atom stereocenters. The standard InChI is InChI=1S/C13H18F3N/c1-4-5-11(9-13(15)16)8-12(10(2)14)6-7-17-3/h5-8,10,13H,3-4,9H2,1-2H3/b7-6+,11-5+,12-8-. The van der Waals surface area contributed by atoms with Gasteiger partial charge in [0, 0.05) is 12.6 Å². The van der Waals surface area contributed by atoms with E-state index in [1.54, 1.807) is 6.08 Å². The van der Waals surface area contributed by atoms with Crippen molar-refractivity contribution in [1.82, 2.24) is 0 Å². The molecule has 0 aromatic heterocycles. The highest BCUT2D eigenvalue weighted by atomic mass is 19.3. The average Bonchev–Trinajstić information content (AvgIpc) is 2.23. The molecule has 0 radical (unpaired) electrons. The van der Waals surface area contributed by atoms with Crippen LogP contribution in [0.5, 0.6) is 0 Å². The summed E-state index contributed by atoms with van der Waals surface area (Å²) in [6, 6.07) is 0. The summed E-state index contributed by atoms with van der Waals surface area (Å²) in [5.41, 5.74) is 0.758. The number of alkyl halides is 3. The van der Waals surface area contributed by atoms with Gasteiger partial charge in [-0.15, -0.1) is 0 Å². The van der Waals surface area contributed by atoms with Gasteiger partial charge in [-0.05, 0) is 37.3 Å². The zero-order valence-corrected chi connectivity index (χ0v) is 10.2. The highest BCUT2D eigenvalue weighted by Gasteiger charge is 2.08. The molecule has 0 aliphatic carbocycles. The molecule has 0 amide bonds. The predicted molar refractivity (Wildman–Crippen MR) is 66.3 cm³/mol. The predicted octanol–water partition coefficient (Wildman–Crippen LogP) is 4.48. The smallest absolute Gasteiger partial charge is 0.242 e. The van der Waals surface area contributed by atoms with Crippen LogP contribution in [0.15, 0.2) is 40.6 Å². The van der Waals surface area contributed by atoms with Crippen molar-refractivity contribution < 1.29 is 13.2 Å². The molecule has 0 spiro atoms. The van der Waals surface area contributed by atoms with Gasteiger partial charge in [0.1, 0.15) is 6.17 Å². The molecule has 1 unspecified atom stereocenters. The van der Waals surface area contributed by atoms with E-state index in [9.17, 15) is 13.2 Å². The van der Waals surface area contributed by atoms with Crippen molar-refractivity contribution in [3.8, 4) is 0 Å². The van der Waals surface area contributed by atoms with Gasteiger partial charge >= 0.3 is 0 Å². The van der Waals surface area contributed by atoms with E-state index in [0.29, 0.717) is 17.6 Å². The minimum atomic E-state index is -2.43. The Kier molecular flexibility index (Phi) is 8.11. The molecule has 0 saturated heterocycles. The highest BCUT2D eigenvalue weighted by molar-refractivity contribution is 5.34. The van der Waals surface area contributed by atoms with E-state index in [-0.39, 0.29) is 6.42 Å². The van der Waals surface area contributed by atoms with Gasteiger partial charge in [-0.2, -0.15) is 0 Å². The van der Waals surface area contributed by atoms with E-state index in [1.165, 1.54) is 25.3 Å². The van der Waals surface area contributed by atoms with Crippen molar-refractivity contribution in [2.24, 2.45) is 4.99 Å². The molecule has 0 bridgehead atoms. The monoisotopic (exact) mass is 245 g/mol. The minimum Gasteiger partial charge on any atom is -0.273 e. The van der Waals surface area contributed by atoms with Crippen LogP contribution in [0.2, 0.25) is 0 Å². The first kappa shape index (κ1) is 15.7. The minimum absolute atomic E-state index is 0.317. The van der Waals surface area contributed by atoms with Gasteiger partial charge in [-0.25, -0.2) is 13.2 Å². The largest absolute Gasteiger partial charge is 0.273 e. The van der Waals surface area contributed by atoms with Crippen molar-refractivity contribution >= 4 is 6.72 Å². The Morgan fingerprint density at radius 2 is 2.00 bits per heavy atom. The molecule has 0 rings (SSSR count). The lowest BCUT2D eigenvalue weighted by atomic mass is 10.0. The van der Waals surface area contributed by atoms with Crippen LogP contribution in [0.4, 0.5) is 13.2 Å². The molecule has 4 heteroatoms. The third-order valence-electron chi connectivity index (χ3n) is 2.04. The third-order valence-corrected chi connectivity index (χ3v) is 2.04. The third kappa shape index (κ3) is 7.55. The number of halogens is 3. The van der Waals surface area contributed by atoms with E-state index >= 15 is 0 Å². The van der Waals surface area contributed by atoms with Crippen LogP contribution in [-0.2, 0) is 0 Å².